The van der Waals surface area contributed by atoms with Gasteiger partial charge in [0.1, 0.15) is 11.8 Å². The van der Waals surface area contributed by atoms with Crippen LogP contribution in [0.25, 0.3) is 0 Å². The van der Waals surface area contributed by atoms with Crippen molar-refractivity contribution in [3.63, 3.8) is 0 Å². The van der Waals surface area contributed by atoms with Crippen molar-refractivity contribution < 1.29 is 4.74 Å². The van der Waals surface area contributed by atoms with Crippen molar-refractivity contribution in [3.05, 3.63) is 28.8 Å². The minimum atomic E-state index is 0.268. The zero-order valence-corrected chi connectivity index (χ0v) is 8.16. The van der Waals surface area contributed by atoms with Crippen LogP contribution in [0.2, 0.25) is 0 Å². The predicted octanol–water partition coefficient (Wildman–Crippen LogP) is 1.94. The quantitative estimate of drug-likeness (QED) is 0.709. The van der Waals surface area contributed by atoms with E-state index in [0.717, 1.165) is 11.1 Å². The molecule has 0 bridgehead atoms. The summed E-state index contributed by atoms with van der Waals surface area (Å²) in [5.74, 6) is 0.522. The Morgan fingerprint density at radius 3 is 2.57 bits per heavy atom. The molecular weight excluding hydrogens is 176 g/mol. The molecule has 3 heteroatoms. The Labute approximate surface area is 83.2 Å². The van der Waals surface area contributed by atoms with Crippen molar-refractivity contribution in [1.82, 2.24) is 0 Å². The van der Waals surface area contributed by atoms with Crippen LogP contribution in [0.4, 0.5) is 0 Å². The van der Waals surface area contributed by atoms with Gasteiger partial charge in [-0.3, -0.25) is 0 Å². The standard InChI is InChI=1S/C11H10N2O/c1-8-3-4-9(7-13)11(14-2)10(8)5-6-12/h3-4H,5H2,1-2H3. The van der Waals surface area contributed by atoms with Crippen LogP contribution in [0.15, 0.2) is 12.1 Å². The fraction of sp³-hybridized carbons (Fsp3) is 0.273. The minimum Gasteiger partial charge on any atom is -0.495 e. The number of nitrogens with zero attached hydrogens (tertiary/aromatic N) is 2. The monoisotopic (exact) mass is 186 g/mol. The maximum atomic E-state index is 8.82. The molecule has 0 aliphatic heterocycles. The molecule has 0 unspecified atom stereocenters. The molecule has 1 aromatic carbocycles. The van der Waals surface area contributed by atoms with Crippen LogP contribution < -0.4 is 4.74 Å². The number of nitriles is 2. The van der Waals surface area contributed by atoms with Crippen LogP contribution in [0.5, 0.6) is 5.75 Å². The number of ether oxygens (including phenoxy) is 1. The van der Waals surface area contributed by atoms with Gasteiger partial charge in [0.25, 0.3) is 0 Å². The third kappa shape index (κ3) is 1.67. The second kappa shape index (κ2) is 4.30. The van der Waals surface area contributed by atoms with E-state index in [1.165, 1.54) is 7.11 Å². The summed E-state index contributed by atoms with van der Waals surface area (Å²) in [6.07, 6.45) is 0.268. The second-order valence-corrected chi connectivity index (χ2v) is 2.89. The molecule has 1 aromatic rings. The Balaban J connectivity index is 3.38. The van der Waals surface area contributed by atoms with E-state index in [4.69, 9.17) is 15.3 Å². The molecule has 0 spiro atoms. The molecule has 0 saturated heterocycles. The molecule has 0 atom stereocenters. The Hall–Kier alpha value is -2.00. The first kappa shape index (κ1) is 10.1. The van der Waals surface area contributed by atoms with Crippen LogP contribution in [0, 0.1) is 29.6 Å². The first-order valence-corrected chi connectivity index (χ1v) is 4.18. The average molecular weight is 186 g/mol. The molecule has 0 radical (unpaired) electrons. The zero-order chi connectivity index (χ0) is 10.6. The summed E-state index contributed by atoms with van der Waals surface area (Å²) in [4.78, 5) is 0. The molecule has 0 saturated carbocycles. The lowest BCUT2D eigenvalue weighted by atomic mass is 10.0. The van der Waals surface area contributed by atoms with E-state index in [-0.39, 0.29) is 6.42 Å². The third-order valence-electron chi connectivity index (χ3n) is 2.08. The van der Waals surface area contributed by atoms with E-state index in [1.54, 1.807) is 6.07 Å². The highest BCUT2D eigenvalue weighted by Gasteiger charge is 2.10. The van der Waals surface area contributed by atoms with Crippen LogP contribution >= 0.6 is 0 Å². The van der Waals surface area contributed by atoms with Gasteiger partial charge in [0.15, 0.2) is 0 Å². The van der Waals surface area contributed by atoms with Gasteiger partial charge in [-0.15, -0.1) is 0 Å². The lowest BCUT2D eigenvalue weighted by Gasteiger charge is -2.09. The maximum absolute atomic E-state index is 8.82. The summed E-state index contributed by atoms with van der Waals surface area (Å²) in [5.41, 5.74) is 2.25. The zero-order valence-electron chi connectivity index (χ0n) is 8.16. The van der Waals surface area contributed by atoms with E-state index in [1.807, 2.05) is 19.1 Å². The van der Waals surface area contributed by atoms with Gasteiger partial charge in [-0.05, 0) is 18.6 Å². The van der Waals surface area contributed by atoms with E-state index in [0.29, 0.717) is 11.3 Å². The largest absolute Gasteiger partial charge is 0.495 e. The Bertz CT molecular complexity index is 424. The topological polar surface area (TPSA) is 56.8 Å². The molecule has 70 valence electrons. The number of methoxy groups -OCH3 is 1. The fourth-order valence-corrected chi connectivity index (χ4v) is 1.35. The molecular formula is C11H10N2O. The molecule has 1 rings (SSSR count). The third-order valence-corrected chi connectivity index (χ3v) is 2.08. The van der Waals surface area contributed by atoms with Crippen molar-refractivity contribution in [3.8, 4) is 17.9 Å². The van der Waals surface area contributed by atoms with Crippen molar-refractivity contribution in [2.75, 3.05) is 7.11 Å². The van der Waals surface area contributed by atoms with Gasteiger partial charge >= 0.3 is 0 Å². The second-order valence-electron chi connectivity index (χ2n) is 2.89. The van der Waals surface area contributed by atoms with Crippen molar-refractivity contribution in [2.24, 2.45) is 0 Å². The summed E-state index contributed by atoms with van der Waals surface area (Å²) < 4.78 is 5.13. The normalized spacial score (nSPS) is 8.86. The van der Waals surface area contributed by atoms with E-state index in [9.17, 15) is 0 Å². The molecule has 14 heavy (non-hydrogen) atoms. The number of hydrogen-bond acceptors (Lipinski definition) is 3. The highest BCUT2D eigenvalue weighted by atomic mass is 16.5. The predicted molar refractivity (Wildman–Crippen MR) is 51.8 cm³/mol. The van der Waals surface area contributed by atoms with Crippen molar-refractivity contribution >= 4 is 0 Å². The van der Waals surface area contributed by atoms with Gasteiger partial charge in [-0.1, -0.05) is 6.07 Å². The summed E-state index contributed by atoms with van der Waals surface area (Å²) in [6.45, 7) is 1.90. The van der Waals surface area contributed by atoms with E-state index >= 15 is 0 Å². The van der Waals surface area contributed by atoms with Crippen LogP contribution in [0.1, 0.15) is 16.7 Å². The Kier molecular flexibility index (Phi) is 3.09. The molecule has 0 fully saturated rings. The minimum absolute atomic E-state index is 0.268. The van der Waals surface area contributed by atoms with Gasteiger partial charge < -0.3 is 4.74 Å². The first-order chi connectivity index (χ1) is 6.74. The highest BCUT2D eigenvalue weighted by Crippen LogP contribution is 2.26. The van der Waals surface area contributed by atoms with Gasteiger partial charge in [-0.25, -0.2) is 0 Å². The van der Waals surface area contributed by atoms with Gasteiger partial charge in [0, 0.05) is 5.56 Å². The fourth-order valence-electron chi connectivity index (χ4n) is 1.35. The average Bonchev–Trinajstić information content (AvgIpc) is 2.21. The lowest BCUT2D eigenvalue weighted by molar-refractivity contribution is 0.409. The highest BCUT2D eigenvalue weighted by molar-refractivity contribution is 5.52. The molecule has 0 aromatic heterocycles. The Morgan fingerprint density at radius 2 is 2.07 bits per heavy atom. The van der Waals surface area contributed by atoms with Crippen LogP contribution in [-0.4, -0.2) is 7.11 Å². The van der Waals surface area contributed by atoms with Crippen LogP contribution in [-0.2, 0) is 6.42 Å². The Morgan fingerprint density at radius 1 is 1.36 bits per heavy atom. The molecule has 3 nitrogen and oxygen atoms in total. The number of aryl methyl sites for hydroxylation is 1. The van der Waals surface area contributed by atoms with Gasteiger partial charge in [0.05, 0.1) is 25.2 Å². The van der Waals surface area contributed by atoms with Crippen LogP contribution in [0.3, 0.4) is 0 Å². The SMILES string of the molecule is COc1c(C#N)ccc(C)c1CC#N. The number of benzene rings is 1. The smallest absolute Gasteiger partial charge is 0.141 e. The number of rotatable bonds is 2. The summed E-state index contributed by atoms with van der Waals surface area (Å²) in [7, 11) is 1.51. The summed E-state index contributed by atoms with van der Waals surface area (Å²) in [6, 6.07) is 7.63. The van der Waals surface area contributed by atoms with E-state index < -0.39 is 0 Å². The molecule has 0 aliphatic carbocycles. The summed E-state index contributed by atoms with van der Waals surface area (Å²) >= 11 is 0. The first-order valence-electron chi connectivity index (χ1n) is 4.18. The van der Waals surface area contributed by atoms with Gasteiger partial charge in [0.2, 0.25) is 0 Å². The number of hydrogen-bond donors (Lipinski definition) is 0. The molecule has 0 N–H and O–H groups in total. The van der Waals surface area contributed by atoms with Crippen molar-refractivity contribution in [2.45, 2.75) is 13.3 Å². The molecule has 0 heterocycles. The van der Waals surface area contributed by atoms with Gasteiger partial charge in [-0.2, -0.15) is 10.5 Å². The molecule has 0 aliphatic rings. The van der Waals surface area contributed by atoms with E-state index in [2.05, 4.69) is 6.07 Å². The summed E-state index contributed by atoms with van der Waals surface area (Å²) in [5, 5.41) is 17.5. The maximum Gasteiger partial charge on any atom is 0.141 e. The molecule has 0 amide bonds. The lowest BCUT2D eigenvalue weighted by Crippen LogP contribution is -1.97. The van der Waals surface area contributed by atoms with Crippen molar-refractivity contribution in [1.29, 1.82) is 10.5 Å².